The van der Waals surface area contributed by atoms with E-state index in [9.17, 15) is 9.59 Å². The van der Waals surface area contributed by atoms with Crippen LogP contribution in [0.15, 0.2) is 0 Å². The normalized spacial score (nSPS) is 10.9. The van der Waals surface area contributed by atoms with Crippen LogP contribution in [0, 0.1) is 5.41 Å². The Morgan fingerprint density at radius 1 is 1.47 bits per heavy atom. The van der Waals surface area contributed by atoms with E-state index in [1.807, 2.05) is 0 Å². The van der Waals surface area contributed by atoms with Gasteiger partial charge in [0.15, 0.2) is 0 Å². The molecule has 1 amide bonds. The van der Waals surface area contributed by atoms with Crippen LogP contribution in [0.1, 0.15) is 20.3 Å². The molecule has 0 radical (unpaired) electrons. The summed E-state index contributed by atoms with van der Waals surface area (Å²) in [6, 6.07) is 0. The van der Waals surface area contributed by atoms with Crippen molar-refractivity contribution in [1.29, 1.82) is 0 Å². The van der Waals surface area contributed by atoms with E-state index < -0.39 is 5.41 Å². The molecule has 0 aliphatic rings. The summed E-state index contributed by atoms with van der Waals surface area (Å²) < 4.78 is 4.50. The Hall–Kier alpha value is -0.750. The second-order valence-corrected chi connectivity index (χ2v) is 4.84. The van der Waals surface area contributed by atoms with Gasteiger partial charge in [0.25, 0.3) is 0 Å². The first-order chi connectivity index (χ1) is 6.94. The summed E-state index contributed by atoms with van der Waals surface area (Å²) in [5.74, 6) is 5.88. The van der Waals surface area contributed by atoms with Gasteiger partial charge in [-0.3, -0.25) is 15.0 Å². The number of nitrogens with two attached hydrogens (primary N) is 1. The summed E-state index contributed by atoms with van der Waals surface area (Å²) in [7, 11) is 1.36. The second kappa shape index (κ2) is 6.68. The molecule has 0 aromatic heterocycles. The number of carbonyl (C=O) groups excluding carboxylic acids is 2. The Labute approximate surface area is 94.1 Å². The fraction of sp³-hybridized carbons (Fsp3) is 0.778. The van der Waals surface area contributed by atoms with E-state index in [-0.39, 0.29) is 11.9 Å². The molecular formula is C9H18N2O3S. The van der Waals surface area contributed by atoms with Gasteiger partial charge in [-0.2, -0.15) is 11.8 Å². The zero-order valence-corrected chi connectivity index (χ0v) is 10.1. The molecule has 88 valence electrons. The molecule has 0 spiro atoms. The van der Waals surface area contributed by atoms with Crippen LogP contribution in [0.2, 0.25) is 0 Å². The third-order valence-electron chi connectivity index (χ3n) is 1.89. The lowest BCUT2D eigenvalue weighted by atomic mass is 9.96. The molecule has 5 nitrogen and oxygen atoms in total. The number of hydrogen-bond donors (Lipinski definition) is 2. The van der Waals surface area contributed by atoms with Crippen molar-refractivity contribution in [2.45, 2.75) is 20.3 Å². The molecule has 0 saturated carbocycles. The van der Waals surface area contributed by atoms with Crippen molar-refractivity contribution in [1.82, 2.24) is 5.43 Å². The van der Waals surface area contributed by atoms with Crippen molar-refractivity contribution in [2.24, 2.45) is 11.3 Å². The average Bonchev–Trinajstić information content (AvgIpc) is 2.22. The lowest BCUT2D eigenvalue weighted by Crippen LogP contribution is -2.42. The summed E-state index contributed by atoms with van der Waals surface area (Å²) in [5, 5.41) is 0. The van der Waals surface area contributed by atoms with Gasteiger partial charge in [-0.05, 0) is 0 Å². The topological polar surface area (TPSA) is 81.4 Å². The summed E-state index contributed by atoms with van der Waals surface area (Å²) >= 11 is 1.53. The van der Waals surface area contributed by atoms with Crippen molar-refractivity contribution < 1.29 is 14.3 Å². The minimum atomic E-state index is -0.518. The van der Waals surface area contributed by atoms with E-state index in [0.29, 0.717) is 17.9 Å². The highest BCUT2D eigenvalue weighted by Crippen LogP contribution is 2.22. The van der Waals surface area contributed by atoms with Crippen LogP contribution in [0.4, 0.5) is 0 Å². The molecule has 0 aromatic rings. The molecule has 0 unspecified atom stereocenters. The molecular weight excluding hydrogens is 216 g/mol. The highest BCUT2D eigenvalue weighted by atomic mass is 32.2. The van der Waals surface area contributed by atoms with Crippen LogP contribution >= 0.6 is 11.8 Å². The van der Waals surface area contributed by atoms with Gasteiger partial charge < -0.3 is 4.74 Å². The SMILES string of the molecule is COC(=O)CCSCC(C)(C)C(=O)NN. The van der Waals surface area contributed by atoms with Crippen molar-refractivity contribution >= 4 is 23.6 Å². The molecule has 0 heterocycles. The summed E-state index contributed by atoms with van der Waals surface area (Å²) in [4.78, 5) is 22.1. The summed E-state index contributed by atoms with van der Waals surface area (Å²) in [5.41, 5.74) is 1.60. The van der Waals surface area contributed by atoms with Gasteiger partial charge in [0.1, 0.15) is 0 Å². The number of hydrazine groups is 1. The number of carbonyl (C=O) groups is 2. The Morgan fingerprint density at radius 2 is 2.07 bits per heavy atom. The largest absolute Gasteiger partial charge is 0.469 e. The molecule has 0 bridgehead atoms. The highest BCUT2D eigenvalue weighted by molar-refractivity contribution is 7.99. The fourth-order valence-corrected chi connectivity index (χ4v) is 1.94. The van der Waals surface area contributed by atoms with Crippen LogP contribution in [0.3, 0.4) is 0 Å². The zero-order valence-electron chi connectivity index (χ0n) is 9.33. The maximum atomic E-state index is 11.3. The standard InChI is InChI=1S/C9H18N2O3S/c1-9(2,8(13)11-10)6-15-5-4-7(12)14-3/h4-6,10H2,1-3H3,(H,11,13). The fourth-order valence-electron chi connectivity index (χ4n) is 0.846. The predicted molar refractivity (Wildman–Crippen MR) is 60.1 cm³/mol. The zero-order chi connectivity index (χ0) is 11.9. The Morgan fingerprint density at radius 3 is 2.53 bits per heavy atom. The molecule has 0 rings (SSSR count). The molecule has 0 aliphatic carbocycles. The smallest absolute Gasteiger partial charge is 0.306 e. The maximum Gasteiger partial charge on any atom is 0.306 e. The van der Waals surface area contributed by atoms with Gasteiger partial charge in [-0.25, -0.2) is 5.84 Å². The van der Waals surface area contributed by atoms with Gasteiger partial charge in [-0.15, -0.1) is 0 Å². The summed E-state index contributed by atoms with van der Waals surface area (Å²) in [6.45, 7) is 3.61. The van der Waals surface area contributed by atoms with Crippen molar-refractivity contribution in [3.63, 3.8) is 0 Å². The van der Waals surface area contributed by atoms with E-state index in [1.165, 1.54) is 18.9 Å². The van der Waals surface area contributed by atoms with Crippen molar-refractivity contribution in [3.8, 4) is 0 Å². The minimum Gasteiger partial charge on any atom is -0.469 e. The molecule has 0 atom stereocenters. The van der Waals surface area contributed by atoms with Gasteiger partial charge in [0.2, 0.25) is 5.91 Å². The van der Waals surface area contributed by atoms with Crippen molar-refractivity contribution in [3.05, 3.63) is 0 Å². The van der Waals surface area contributed by atoms with Gasteiger partial charge in [0, 0.05) is 11.5 Å². The second-order valence-electron chi connectivity index (χ2n) is 3.74. The monoisotopic (exact) mass is 234 g/mol. The molecule has 0 aliphatic heterocycles. The number of thioether (sulfide) groups is 1. The molecule has 0 aromatic carbocycles. The number of rotatable bonds is 6. The highest BCUT2D eigenvalue weighted by Gasteiger charge is 2.26. The van der Waals surface area contributed by atoms with Gasteiger partial charge in [0.05, 0.1) is 18.9 Å². The molecule has 0 fully saturated rings. The van der Waals surface area contributed by atoms with E-state index in [2.05, 4.69) is 10.2 Å². The number of methoxy groups -OCH3 is 1. The van der Waals surface area contributed by atoms with Gasteiger partial charge >= 0.3 is 5.97 Å². The lowest BCUT2D eigenvalue weighted by molar-refractivity contribution is -0.140. The molecule has 0 saturated heterocycles. The number of ether oxygens (including phenoxy) is 1. The van der Waals surface area contributed by atoms with Crippen LogP contribution in [0.5, 0.6) is 0 Å². The van der Waals surface area contributed by atoms with E-state index in [0.717, 1.165) is 0 Å². The van der Waals surface area contributed by atoms with E-state index in [1.54, 1.807) is 13.8 Å². The first kappa shape index (κ1) is 14.2. The molecule has 3 N–H and O–H groups in total. The van der Waals surface area contributed by atoms with Crippen LogP contribution in [-0.4, -0.2) is 30.5 Å². The summed E-state index contributed by atoms with van der Waals surface area (Å²) in [6.07, 6.45) is 0.363. The first-order valence-electron chi connectivity index (χ1n) is 4.59. The van der Waals surface area contributed by atoms with Crippen molar-refractivity contribution in [2.75, 3.05) is 18.6 Å². The molecule has 6 heteroatoms. The average molecular weight is 234 g/mol. The molecule has 15 heavy (non-hydrogen) atoms. The van der Waals surface area contributed by atoms with Gasteiger partial charge in [-0.1, -0.05) is 13.8 Å². The number of hydrogen-bond acceptors (Lipinski definition) is 5. The Kier molecular flexibility index (Phi) is 6.35. The third kappa shape index (κ3) is 5.64. The minimum absolute atomic E-state index is 0.201. The number of nitrogens with one attached hydrogen (secondary N) is 1. The Balaban J connectivity index is 3.75. The Bertz CT molecular complexity index is 231. The maximum absolute atomic E-state index is 11.3. The lowest BCUT2D eigenvalue weighted by Gasteiger charge is -2.21. The predicted octanol–water partition coefficient (Wildman–Crippen LogP) is 0.299. The van der Waals surface area contributed by atoms with Crippen LogP contribution in [-0.2, 0) is 14.3 Å². The first-order valence-corrected chi connectivity index (χ1v) is 5.75. The third-order valence-corrected chi connectivity index (χ3v) is 3.31. The van der Waals surface area contributed by atoms with Crippen LogP contribution < -0.4 is 11.3 Å². The number of amides is 1. The van der Waals surface area contributed by atoms with E-state index in [4.69, 9.17) is 5.84 Å². The quantitative estimate of drug-likeness (QED) is 0.227. The van der Waals surface area contributed by atoms with E-state index >= 15 is 0 Å². The van der Waals surface area contributed by atoms with Crippen LogP contribution in [0.25, 0.3) is 0 Å². The number of esters is 1.